The Hall–Kier alpha value is -0.870. The monoisotopic (exact) mass is 623 g/mol. The van der Waals surface area contributed by atoms with Crippen molar-refractivity contribution in [2.75, 3.05) is 19.8 Å². The number of rotatable bonds is 37. The molecule has 0 amide bonds. The molecule has 0 spiro atoms. The van der Waals surface area contributed by atoms with Crippen molar-refractivity contribution in [3.63, 3.8) is 0 Å². The van der Waals surface area contributed by atoms with E-state index in [2.05, 4.69) is 26.0 Å². The number of allylic oxidation sites excluding steroid dienone is 2. The average Bonchev–Trinajstić information content (AvgIpc) is 3.03. The Kier molecular flexibility index (Phi) is 37.6. The Morgan fingerprint density at radius 1 is 0.523 bits per heavy atom. The summed E-state index contributed by atoms with van der Waals surface area (Å²) in [4.78, 5) is 12.1. The van der Waals surface area contributed by atoms with Gasteiger partial charge in [0.15, 0.2) is 0 Å². The van der Waals surface area contributed by atoms with E-state index in [4.69, 9.17) is 9.47 Å². The van der Waals surface area contributed by atoms with Crippen LogP contribution in [0.2, 0.25) is 0 Å². The fraction of sp³-hybridized carbons (Fsp3) is 0.925. The molecule has 0 aromatic heterocycles. The SMILES string of the molecule is CCCC/C=C\CCCCCCCC(=O)OC(CO)COCCCCCCCCCCCCCCCCCCCCCCC. The van der Waals surface area contributed by atoms with Gasteiger partial charge in [0.2, 0.25) is 0 Å². The second-order valence-corrected chi connectivity index (χ2v) is 13.4. The zero-order valence-electron chi connectivity index (χ0n) is 29.9. The minimum atomic E-state index is -0.531. The van der Waals surface area contributed by atoms with E-state index in [1.54, 1.807) is 0 Å². The fourth-order valence-corrected chi connectivity index (χ4v) is 5.84. The summed E-state index contributed by atoms with van der Waals surface area (Å²) in [6.07, 6.45) is 44.1. The molecule has 262 valence electrons. The minimum Gasteiger partial charge on any atom is -0.457 e. The highest BCUT2D eigenvalue weighted by Crippen LogP contribution is 2.15. The van der Waals surface area contributed by atoms with Crippen molar-refractivity contribution in [2.45, 2.75) is 219 Å². The number of carbonyl (C=O) groups is 1. The lowest BCUT2D eigenvalue weighted by atomic mass is 10.0. The summed E-state index contributed by atoms with van der Waals surface area (Å²) >= 11 is 0. The van der Waals surface area contributed by atoms with E-state index in [-0.39, 0.29) is 12.6 Å². The number of carbonyl (C=O) groups excluding carboxylic acids is 1. The van der Waals surface area contributed by atoms with Gasteiger partial charge in [0.05, 0.1) is 13.2 Å². The molecule has 0 fully saturated rings. The molecule has 0 aliphatic carbocycles. The lowest BCUT2D eigenvalue weighted by molar-refractivity contribution is -0.154. The molecule has 0 bridgehead atoms. The lowest BCUT2D eigenvalue weighted by Crippen LogP contribution is -2.27. The first-order valence-electron chi connectivity index (χ1n) is 19.8. The van der Waals surface area contributed by atoms with Crippen LogP contribution < -0.4 is 0 Å². The van der Waals surface area contributed by atoms with E-state index in [9.17, 15) is 9.90 Å². The molecule has 4 nitrogen and oxygen atoms in total. The van der Waals surface area contributed by atoms with Crippen molar-refractivity contribution in [2.24, 2.45) is 0 Å². The molecular formula is C40H78O4. The first-order valence-corrected chi connectivity index (χ1v) is 19.8. The van der Waals surface area contributed by atoms with E-state index in [0.29, 0.717) is 19.6 Å². The van der Waals surface area contributed by atoms with Gasteiger partial charge in [-0.25, -0.2) is 0 Å². The Labute approximate surface area is 275 Å². The summed E-state index contributed by atoms with van der Waals surface area (Å²) in [5.41, 5.74) is 0. The van der Waals surface area contributed by atoms with Crippen molar-refractivity contribution < 1.29 is 19.4 Å². The third-order valence-corrected chi connectivity index (χ3v) is 8.84. The summed E-state index contributed by atoms with van der Waals surface area (Å²) in [6.45, 7) is 5.33. The van der Waals surface area contributed by atoms with Gasteiger partial charge in [-0.15, -0.1) is 0 Å². The highest BCUT2D eigenvalue weighted by atomic mass is 16.6. The van der Waals surface area contributed by atoms with Crippen LogP contribution in [-0.4, -0.2) is 37.0 Å². The van der Waals surface area contributed by atoms with Crippen molar-refractivity contribution in [1.29, 1.82) is 0 Å². The third kappa shape index (κ3) is 35.6. The van der Waals surface area contributed by atoms with Gasteiger partial charge in [0.25, 0.3) is 0 Å². The van der Waals surface area contributed by atoms with Gasteiger partial charge < -0.3 is 14.6 Å². The predicted octanol–water partition coefficient (Wildman–Crippen LogP) is 12.6. The van der Waals surface area contributed by atoms with Crippen LogP contribution in [0.3, 0.4) is 0 Å². The van der Waals surface area contributed by atoms with Crippen LogP contribution in [0.1, 0.15) is 213 Å². The van der Waals surface area contributed by atoms with Crippen LogP contribution in [0, 0.1) is 0 Å². The molecule has 1 atom stereocenters. The van der Waals surface area contributed by atoms with Crippen LogP contribution in [0.4, 0.5) is 0 Å². The normalized spacial score (nSPS) is 12.3. The van der Waals surface area contributed by atoms with E-state index >= 15 is 0 Å². The maximum Gasteiger partial charge on any atom is 0.306 e. The van der Waals surface area contributed by atoms with Crippen LogP contribution in [0.5, 0.6) is 0 Å². The van der Waals surface area contributed by atoms with E-state index < -0.39 is 6.10 Å². The van der Waals surface area contributed by atoms with Crippen molar-refractivity contribution >= 4 is 5.97 Å². The molecule has 0 aromatic rings. The first kappa shape index (κ1) is 43.1. The maximum absolute atomic E-state index is 12.1. The molecule has 0 aliphatic heterocycles. The summed E-state index contributed by atoms with van der Waals surface area (Å²) < 4.78 is 11.1. The minimum absolute atomic E-state index is 0.170. The molecule has 0 aromatic carbocycles. The third-order valence-electron chi connectivity index (χ3n) is 8.84. The van der Waals surface area contributed by atoms with Crippen LogP contribution >= 0.6 is 0 Å². The lowest BCUT2D eigenvalue weighted by Gasteiger charge is -2.15. The molecule has 1 N–H and O–H groups in total. The number of esters is 1. The van der Waals surface area contributed by atoms with Gasteiger partial charge in [-0.2, -0.15) is 0 Å². The van der Waals surface area contributed by atoms with Crippen molar-refractivity contribution in [1.82, 2.24) is 0 Å². The van der Waals surface area contributed by atoms with Gasteiger partial charge in [-0.05, 0) is 32.1 Å². The van der Waals surface area contributed by atoms with Crippen molar-refractivity contribution in [3.8, 4) is 0 Å². The fourth-order valence-electron chi connectivity index (χ4n) is 5.84. The van der Waals surface area contributed by atoms with E-state index in [1.165, 1.54) is 173 Å². The summed E-state index contributed by atoms with van der Waals surface area (Å²) in [5, 5.41) is 9.55. The molecule has 0 rings (SSSR count). The molecule has 0 saturated carbocycles. The highest BCUT2D eigenvalue weighted by Gasteiger charge is 2.13. The molecular weight excluding hydrogens is 544 g/mol. The number of aliphatic hydroxyl groups is 1. The van der Waals surface area contributed by atoms with Crippen LogP contribution in [0.25, 0.3) is 0 Å². The maximum atomic E-state index is 12.1. The Balaban J connectivity index is 3.35. The zero-order valence-corrected chi connectivity index (χ0v) is 29.9. The van der Waals surface area contributed by atoms with Crippen molar-refractivity contribution in [3.05, 3.63) is 12.2 Å². The van der Waals surface area contributed by atoms with E-state index in [0.717, 1.165) is 19.3 Å². The predicted molar refractivity (Wildman–Crippen MR) is 191 cm³/mol. The average molecular weight is 623 g/mol. The summed E-state index contributed by atoms with van der Waals surface area (Å²) in [5.74, 6) is -0.208. The number of unbranched alkanes of at least 4 members (excludes halogenated alkanes) is 27. The van der Waals surface area contributed by atoms with Gasteiger partial charge in [0.1, 0.15) is 6.10 Å². The molecule has 0 heterocycles. The van der Waals surface area contributed by atoms with Gasteiger partial charge in [-0.3, -0.25) is 4.79 Å². The van der Waals surface area contributed by atoms with E-state index in [1.807, 2.05) is 0 Å². The molecule has 0 saturated heterocycles. The number of hydrogen-bond donors (Lipinski definition) is 1. The summed E-state index contributed by atoms with van der Waals surface area (Å²) in [7, 11) is 0. The second kappa shape index (κ2) is 38.3. The molecule has 0 radical (unpaired) electrons. The first-order chi connectivity index (χ1) is 21.7. The summed E-state index contributed by atoms with van der Waals surface area (Å²) in [6, 6.07) is 0. The second-order valence-electron chi connectivity index (χ2n) is 13.4. The largest absolute Gasteiger partial charge is 0.457 e. The van der Waals surface area contributed by atoms with Crippen LogP contribution in [0.15, 0.2) is 12.2 Å². The zero-order chi connectivity index (χ0) is 32.0. The molecule has 0 aliphatic rings. The number of ether oxygens (including phenoxy) is 2. The van der Waals surface area contributed by atoms with Gasteiger partial charge in [0, 0.05) is 13.0 Å². The smallest absolute Gasteiger partial charge is 0.306 e. The van der Waals surface area contributed by atoms with Gasteiger partial charge >= 0.3 is 5.97 Å². The number of aliphatic hydroxyl groups excluding tert-OH is 1. The molecule has 1 unspecified atom stereocenters. The standard InChI is InChI=1S/C40H78O4/c1-3-5-7-9-11-13-15-16-17-18-19-20-21-22-23-24-26-28-30-32-34-36-43-38-39(37-41)44-40(42)35-33-31-29-27-25-14-12-10-8-6-4-2/h10,12,39,41H,3-9,11,13-38H2,1-2H3/b12-10-. The molecule has 44 heavy (non-hydrogen) atoms. The topological polar surface area (TPSA) is 55.8 Å². The van der Waals surface area contributed by atoms with Crippen LogP contribution in [-0.2, 0) is 14.3 Å². The Bertz CT molecular complexity index is 576. The quantitative estimate of drug-likeness (QED) is 0.0425. The van der Waals surface area contributed by atoms with Gasteiger partial charge in [-0.1, -0.05) is 187 Å². The molecule has 4 heteroatoms. The highest BCUT2D eigenvalue weighted by molar-refractivity contribution is 5.69. The Morgan fingerprint density at radius 3 is 1.36 bits per heavy atom. The Morgan fingerprint density at radius 2 is 0.909 bits per heavy atom. The number of hydrogen-bond acceptors (Lipinski definition) is 4.